The molecule has 106 valence electrons. The molecule has 0 amide bonds. The van der Waals surface area contributed by atoms with Gasteiger partial charge in [-0.2, -0.15) is 0 Å². The quantitative estimate of drug-likeness (QED) is 0.855. The number of aliphatic hydroxyl groups is 1. The van der Waals surface area contributed by atoms with E-state index in [2.05, 4.69) is 30.9 Å². The third-order valence-electron chi connectivity index (χ3n) is 4.14. The average molecular weight is 263 g/mol. The van der Waals surface area contributed by atoms with Crippen molar-refractivity contribution in [2.45, 2.75) is 20.3 Å². The van der Waals surface area contributed by atoms with Crippen LogP contribution in [-0.4, -0.2) is 42.9 Å². The van der Waals surface area contributed by atoms with Crippen molar-refractivity contribution in [3.05, 3.63) is 29.8 Å². The topological polar surface area (TPSA) is 32.7 Å². The number of hydrogen-bond donors (Lipinski definition) is 1. The van der Waals surface area contributed by atoms with E-state index in [-0.39, 0.29) is 12.5 Å². The van der Waals surface area contributed by atoms with Crippen LogP contribution >= 0.6 is 0 Å². The number of ether oxygens (including phenoxy) is 1. The summed E-state index contributed by atoms with van der Waals surface area (Å²) >= 11 is 0. The van der Waals surface area contributed by atoms with Crippen LogP contribution in [0.25, 0.3) is 0 Å². The van der Waals surface area contributed by atoms with Gasteiger partial charge >= 0.3 is 0 Å². The maximum Gasteiger partial charge on any atom is 0.119 e. The van der Waals surface area contributed by atoms with E-state index in [1.165, 1.54) is 12.0 Å². The molecule has 2 atom stereocenters. The summed E-state index contributed by atoms with van der Waals surface area (Å²) in [4.78, 5) is 2.44. The zero-order valence-corrected chi connectivity index (χ0v) is 12.0. The summed E-state index contributed by atoms with van der Waals surface area (Å²) in [5, 5.41) is 9.57. The van der Waals surface area contributed by atoms with E-state index in [0.717, 1.165) is 25.4 Å². The lowest BCUT2D eigenvalue weighted by atomic mass is 9.93. The Morgan fingerprint density at radius 1 is 1.37 bits per heavy atom. The van der Waals surface area contributed by atoms with Gasteiger partial charge in [-0.3, -0.25) is 0 Å². The highest BCUT2D eigenvalue weighted by Crippen LogP contribution is 2.25. The molecule has 19 heavy (non-hydrogen) atoms. The second-order valence-electron chi connectivity index (χ2n) is 5.51. The van der Waals surface area contributed by atoms with E-state index >= 15 is 0 Å². The second-order valence-corrected chi connectivity index (χ2v) is 5.51. The normalized spacial score (nSPS) is 21.5. The summed E-state index contributed by atoms with van der Waals surface area (Å²) in [6.07, 6.45) is 1.18. The number of benzene rings is 1. The molecule has 2 unspecified atom stereocenters. The monoisotopic (exact) mass is 263 g/mol. The molecule has 0 bridgehead atoms. The van der Waals surface area contributed by atoms with Crippen molar-refractivity contribution in [2.24, 2.45) is 11.8 Å². The van der Waals surface area contributed by atoms with Gasteiger partial charge in [0.1, 0.15) is 5.75 Å². The highest BCUT2D eigenvalue weighted by Gasteiger charge is 2.28. The molecule has 3 heteroatoms. The Balaban J connectivity index is 1.84. The van der Waals surface area contributed by atoms with E-state index in [4.69, 9.17) is 4.74 Å². The summed E-state index contributed by atoms with van der Waals surface area (Å²) in [7, 11) is 0. The zero-order chi connectivity index (χ0) is 13.7. The minimum atomic E-state index is 0.216. The van der Waals surface area contributed by atoms with Gasteiger partial charge in [0, 0.05) is 19.1 Å². The molecule has 3 nitrogen and oxygen atoms in total. The van der Waals surface area contributed by atoms with E-state index in [9.17, 15) is 5.11 Å². The highest BCUT2D eigenvalue weighted by atomic mass is 16.5. The number of hydrogen-bond acceptors (Lipinski definition) is 3. The first-order valence-electron chi connectivity index (χ1n) is 7.25. The Hall–Kier alpha value is -1.06. The largest absolute Gasteiger partial charge is 0.493 e. The first-order chi connectivity index (χ1) is 9.22. The molecule has 2 rings (SSSR count). The van der Waals surface area contributed by atoms with Crippen LogP contribution in [0.1, 0.15) is 18.9 Å². The molecule has 1 aliphatic rings. The molecule has 0 aromatic heterocycles. The van der Waals surface area contributed by atoms with Crippen molar-refractivity contribution >= 4 is 0 Å². The van der Waals surface area contributed by atoms with Gasteiger partial charge in [0.15, 0.2) is 0 Å². The molecule has 0 aliphatic carbocycles. The van der Waals surface area contributed by atoms with Gasteiger partial charge in [-0.25, -0.2) is 0 Å². The Bertz CT molecular complexity index is 377. The van der Waals surface area contributed by atoms with Crippen molar-refractivity contribution < 1.29 is 9.84 Å². The predicted octanol–water partition coefficient (Wildman–Crippen LogP) is 2.32. The van der Waals surface area contributed by atoms with Crippen LogP contribution < -0.4 is 4.74 Å². The summed E-state index contributed by atoms with van der Waals surface area (Å²) in [6.45, 7) is 8.45. The molecule has 1 heterocycles. The third kappa shape index (κ3) is 3.95. The van der Waals surface area contributed by atoms with Crippen LogP contribution in [0.5, 0.6) is 5.75 Å². The number of aryl methyl sites for hydroxylation is 1. The zero-order valence-electron chi connectivity index (χ0n) is 12.0. The van der Waals surface area contributed by atoms with Crippen LogP contribution in [0.2, 0.25) is 0 Å². The lowest BCUT2D eigenvalue weighted by Gasteiger charge is -2.22. The van der Waals surface area contributed by atoms with Crippen LogP contribution in [0.3, 0.4) is 0 Å². The summed E-state index contributed by atoms with van der Waals surface area (Å²) in [5.74, 6) is 1.71. The fourth-order valence-electron chi connectivity index (χ4n) is 2.71. The molecule has 1 fully saturated rings. The molecule has 1 N–H and O–H groups in total. The smallest absolute Gasteiger partial charge is 0.119 e. The van der Waals surface area contributed by atoms with Crippen LogP contribution in [0.15, 0.2) is 24.3 Å². The summed E-state index contributed by atoms with van der Waals surface area (Å²) in [5.41, 5.74) is 1.24. The fraction of sp³-hybridized carbons (Fsp3) is 0.625. The predicted molar refractivity (Wildman–Crippen MR) is 77.5 cm³/mol. The fourth-order valence-corrected chi connectivity index (χ4v) is 2.71. The Morgan fingerprint density at radius 2 is 2.11 bits per heavy atom. The average Bonchev–Trinajstić information content (AvgIpc) is 2.90. The number of rotatable bonds is 6. The molecule has 0 radical (unpaired) electrons. The van der Waals surface area contributed by atoms with Crippen molar-refractivity contribution in [1.82, 2.24) is 4.90 Å². The van der Waals surface area contributed by atoms with Crippen LogP contribution in [0, 0.1) is 18.8 Å². The minimum Gasteiger partial charge on any atom is -0.493 e. The summed E-state index contributed by atoms with van der Waals surface area (Å²) in [6, 6.07) is 8.10. The van der Waals surface area contributed by atoms with Crippen molar-refractivity contribution in [2.75, 3.05) is 32.8 Å². The van der Waals surface area contributed by atoms with Crippen LogP contribution in [0.4, 0.5) is 0 Å². The van der Waals surface area contributed by atoms with Gasteiger partial charge in [0.05, 0.1) is 6.61 Å². The van der Waals surface area contributed by atoms with E-state index in [1.807, 2.05) is 12.1 Å². The van der Waals surface area contributed by atoms with E-state index in [0.29, 0.717) is 12.5 Å². The second kappa shape index (κ2) is 6.92. The van der Waals surface area contributed by atoms with Crippen molar-refractivity contribution in [1.29, 1.82) is 0 Å². The first kappa shape index (κ1) is 14.4. The van der Waals surface area contributed by atoms with Crippen molar-refractivity contribution in [3.63, 3.8) is 0 Å². The highest BCUT2D eigenvalue weighted by molar-refractivity contribution is 5.26. The number of aliphatic hydroxyl groups excluding tert-OH is 1. The molecule has 1 aromatic carbocycles. The first-order valence-corrected chi connectivity index (χ1v) is 7.25. The van der Waals surface area contributed by atoms with Gasteiger partial charge in [0.25, 0.3) is 0 Å². The van der Waals surface area contributed by atoms with E-state index < -0.39 is 0 Å². The Labute approximate surface area is 116 Å². The standard InChI is InChI=1S/C16H25NO2/c1-3-17-9-8-14(10-17)15(11-18)12-19-16-6-4-13(2)5-7-16/h4-7,14-15,18H,3,8-12H2,1-2H3. The van der Waals surface area contributed by atoms with Gasteiger partial charge in [-0.05, 0) is 44.5 Å². The lowest BCUT2D eigenvalue weighted by molar-refractivity contribution is 0.119. The summed E-state index contributed by atoms with van der Waals surface area (Å²) < 4.78 is 5.82. The van der Waals surface area contributed by atoms with Gasteiger partial charge in [0.2, 0.25) is 0 Å². The molecule has 1 aliphatic heterocycles. The maximum absolute atomic E-state index is 9.57. The molecule has 0 spiro atoms. The minimum absolute atomic E-state index is 0.216. The number of likely N-dealkylation sites (tertiary alicyclic amines) is 1. The van der Waals surface area contributed by atoms with Gasteiger partial charge in [-0.15, -0.1) is 0 Å². The number of nitrogens with zero attached hydrogens (tertiary/aromatic N) is 1. The van der Waals surface area contributed by atoms with E-state index in [1.54, 1.807) is 0 Å². The molecular formula is C16H25NO2. The Kier molecular flexibility index (Phi) is 5.23. The maximum atomic E-state index is 9.57. The molecule has 1 aromatic rings. The van der Waals surface area contributed by atoms with Crippen molar-refractivity contribution in [3.8, 4) is 5.75 Å². The molecule has 0 saturated carbocycles. The van der Waals surface area contributed by atoms with Gasteiger partial charge < -0.3 is 14.7 Å². The molecular weight excluding hydrogens is 238 g/mol. The third-order valence-corrected chi connectivity index (χ3v) is 4.14. The SMILES string of the molecule is CCN1CCC(C(CO)COc2ccc(C)cc2)C1. The lowest BCUT2D eigenvalue weighted by Crippen LogP contribution is -2.28. The van der Waals surface area contributed by atoms with Crippen LogP contribution in [-0.2, 0) is 0 Å². The Morgan fingerprint density at radius 3 is 2.68 bits per heavy atom. The molecule has 1 saturated heterocycles. The van der Waals surface area contributed by atoms with Gasteiger partial charge in [-0.1, -0.05) is 24.6 Å².